The Hall–Kier alpha value is -1.11. The fourth-order valence-corrected chi connectivity index (χ4v) is 1.74. The molecule has 0 spiro atoms. The molecule has 0 aliphatic rings. The SMILES string of the molecule is CNC(Cc1nc(CCC(F)(F)F)no1)C(C)(C)C. The summed E-state index contributed by atoms with van der Waals surface area (Å²) in [4.78, 5) is 4.00. The zero-order chi connectivity index (χ0) is 14.7. The van der Waals surface area contributed by atoms with Crippen molar-refractivity contribution in [3.63, 3.8) is 0 Å². The molecule has 1 aromatic rings. The third-order valence-electron chi connectivity index (χ3n) is 2.91. The third kappa shape index (κ3) is 5.59. The van der Waals surface area contributed by atoms with Crippen molar-refractivity contribution in [2.45, 2.75) is 52.3 Å². The molecule has 0 aromatic carbocycles. The van der Waals surface area contributed by atoms with E-state index in [1.165, 1.54) is 0 Å². The van der Waals surface area contributed by atoms with Crippen molar-refractivity contribution in [3.8, 4) is 0 Å². The highest BCUT2D eigenvalue weighted by atomic mass is 19.4. The molecule has 0 amide bonds. The maximum atomic E-state index is 12.1. The molecule has 110 valence electrons. The van der Waals surface area contributed by atoms with Gasteiger partial charge in [-0.25, -0.2) is 0 Å². The average molecular weight is 279 g/mol. The lowest BCUT2D eigenvalue weighted by Crippen LogP contribution is -2.39. The molecule has 1 heterocycles. The van der Waals surface area contributed by atoms with Crippen LogP contribution in [0.5, 0.6) is 0 Å². The summed E-state index contributed by atoms with van der Waals surface area (Å²) in [6.07, 6.45) is -4.87. The second-order valence-electron chi connectivity index (χ2n) is 5.63. The molecular formula is C12H20F3N3O. The summed E-state index contributed by atoms with van der Waals surface area (Å²) in [6, 6.07) is 0.114. The van der Waals surface area contributed by atoms with E-state index in [1.54, 1.807) is 0 Å². The Balaban J connectivity index is 2.60. The van der Waals surface area contributed by atoms with Gasteiger partial charge in [-0.1, -0.05) is 25.9 Å². The second-order valence-corrected chi connectivity index (χ2v) is 5.63. The Morgan fingerprint density at radius 3 is 2.37 bits per heavy atom. The molecule has 0 saturated carbocycles. The number of alkyl halides is 3. The van der Waals surface area contributed by atoms with E-state index in [4.69, 9.17) is 4.52 Å². The van der Waals surface area contributed by atoms with Crippen molar-refractivity contribution in [2.24, 2.45) is 5.41 Å². The van der Waals surface area contributed by atoms with Gasteiger partial charge in [0.25, 0.3) is 0 Å². The van der Waals surface area contributed by atoms with Crippen LogP contribution in [0.25, 0.3) is 0 Å². The van der Waals surface area contributed by atoms with Crippen LogP contribution in [0.15, 0.2) is 4.52 Å². The van der Waals surface area contributed by atoms with E-state index in [1.807, 2.05) is 7.05 Å². The van der Waals surface area contributed by atoms with Crippen LogP contribution >= 0.6 is 0 Å². The molecule has 1 aromatic heterocycles. The lowest BCUT2D eigenvalue weighted by Gasteiger charge is -2.29. The lowest BCUT2D eigenvalue weighted by molar-refractivity contribution is -0.134. The van der Waals surface area contributed by atoms with Crippen molar-refractivity contribution in [3.05, 3.63) is 11.7 Å². The first-order chi connectivity index (χ1) is 8.62. The van der Waals surface area contributed by atoms with Crippen molar-refractivity contribution in [2.75, 3.05) is 7.05 Å². The fourth-order valence-electron chi connectivity index (χ4n) is 1.74. The number of nitrogens with one attached hydrogen (secondary N) is 1. The van der Waals surface area contributed by atoms with Gasteiger partial charge in [0.05, 0.1) is 6.42 Å². The number of rotatable bonds is 5. The van der Waals surface area contributed by atoms with Gasteiger partial charge in [0.15, 0.2) is 5.82 Å². The standard InChI is InChI=1S/C12H20F3N3O/c1-11(2,3)8(16-4)7-10-17-9(18-19-10)5-6-12(13,14)15/h8,16H,5-7H2,1-4H3. The first-order valence-electron chi connectivity index (χ1n) is 6.17. The second kappa shape index (κ2) is 5.90. The van der Waals surface area contributed by atoms with E-state index in [0.29, 0.717) is 12.3 Å². The van der Waals surface area contributed by atoms with Crippen LogP contribution in [0.2, 0.25) is 0 Å². The molecule has 0 aliphatic carbocycles. The summed E-state index contributed by atoms with van der Waals surface area (Å²) < 4.78 is 41.2. The number of hydrogen-bond donors (Lipinski definition) is 1. The Kier molecular flexibility index (Phi) is 4.95. The van der Waals surface area contributed by atoms with Crippen LogP contribution in [0.1, 0.15) is 38.9 Å². The molecule has 1 rings (SSSR count). The van der Waals surface area contributed by atoms with E-state index in [0.717, 1.165) is 0 Å². The minimum Gasteiger partial charge on any atom is -0.339 e. The predicted molar refractivity (Wildman–Crippen MR) is 64.7 cm³/mol. The third-order valence-corrected chi connectivity index (χ3v) is 2.91. The van der Waals surface area contributed by atoms with Gasteiger partial charge in [0.2, 0.25) is 5.89 Å². The Morgan fingerprint density at radius 2 is 1.89 bits per heavy atom. The first kappa shape index (κ1) is 15.9. The van der Waals surface area contributed by atoms with Gasteiger partial charge in [-0.2, -0.15) is 18.2 Å². The minimum atomic E-state index is -4.19. The Morgan fingerprint density at radius 1 is 1.26 bits per heavy atom. The summed E-state index contributed by atoms with van der Waals surface area (Å²) in [7, 11) is 1.83. The van der Waals surface area contributed by atoms with Crippen molar-refractivity contribution < 1.29 is 17.7 Å². The summed E-state index contributed by atoms with van der Waals surface area (Å²) in [5.41, 5.74) is -0.00461. The summed E-state index contributed by atoms with van der Waals surface area (Å²) in [5.74, 6) is 0.475. The molecule has 0 aliphatic heterocycles. The van der Waals surface area contributed by atoms with Crippen LogP contribution in [-0.4, -0.2) is 29.4 Å². The normalized spacial score (nSPS) is 14.7. The van der Waals surface area contributed by atoms with Crippen LogP contribution in [-0.2, 0) is 12.8 Å². The van der Waals surface area contributed by atoms with Crippen LogP contribution in [0, 0.1) is 5.41 Å². The van der Waals surface area contributed by atoms with Gasteiger partial charge in [0.1, 0.15) is 0 Å². The van der Waals surface area contributed by atoms with Crippen molar-refractivity contribution in [1.29, 1.82) is 0 Å². The molecule has 0 bridgehead atoms. The van der Waals surface area contributed by atoms with E-state index in [2.05, 4.69) is 36.2 Å². The zero-order valence-electron chi connectivity index (χ0n) is 11.6. The lowest BCUT2D eigenvalue weighted by atomic mass is 9.85. The smallest absolute Gasteiger partial charge is 0.339 e. The van der Waals surface area contributed by atoms with E-state index in [9.17, 15) is 13.2 Å². The molecule has 0 radical (unpaired) electrons. The Labute approximate surface area is 110 Å². The molecule has 19 heavy (non-hydrogen) atoms. The van der Waals surface area contributed by atoms with Gasteiger partial charge in [-0.05, 0) is 12.5 Å². The predicted octanol–water partition coefficient (Wildman–Crippen LogP) is 2.74. The summed E-state index contributed by atoms with van der Waals surface area (Å²) in [5, 5.41) is 6.72. The molecule has 0 saturated heterocycles. The highest BCUT2D eigenvalue weighted by Crippen LogP contribution is 2.23. The number of hydrogen-bond acceptors (Lipinski definition) is 4. The van der Waals surface area contributed by atoms with Crippen molar-refractivity contribution in [1.82, 2.24) is 15.5 Å². The number of aromatic nitrogens is 2. The van der Waals surface area contributed by atoms with Crippen LogP contribution in [0.4, 0.5) is 13.2 Å². The number of nitrogens with zero attached hydrogens (tertiary/aromatic N) is 2. The molecule has 4 nitrogen and oxygen atoms in total. The molecular weight excluding hydrogens is 259 g/mol. The zero-order valence-corrected chi connectivity index (χ0v) is 11.6. The van der Waals surface area contributed by atoms with Crippen molar-refractivity contribution >= 4 is 0 Å². The van der Waals surface area contributed by atoms with E-state index < -0.39 is 12.6 Å². The quantitative estimate of drug-likeness (QED) is 0.900. The maximum absolute atomic E-state index is 12.1. The maximum Gasteiger partial charge on any atom is 0.389 e. The largest absolute Gasteiger partial charge is 0.389 e. The Bertz CT molecular complexity index is 396. The van der Waals surface area contributed by atoms with Crippen LogP contribution < -0.4 is 5.32 Å². The monoisotopic (exact) mass is 279 g/mol. The summed E-state index contributed by atoms with van der Waals surface area (Å²) >= 11 is 0. The van der Waals surface area contributed by atoms with Crippen LogP contribution in [0.3, 0.4) is 0 Å². The van der Waals surface area contributed by atoms with Gasteiger partial charge in [-0.3, -0.25) is 0 Å². The molecule has 7 heteroatoms. The molecule has 0 fully saturated rings. The van der Waals surface area contributed by atoms with E-state index in [-0.39, 0.29) is 23.7 Å². The molecule has 1 unspecified atom stereocenters. The fraction of sp³-hybridized carbons (Fsp3) is 0.833. The number of aryl methyl sites for hydroxylation is 1. The number of likely N-dealkylation sites (N-methyl/N-ethyl adjacent to an activating group) is 1. The highest BCUT2D eigenvalue weighted by Gasteiger charge is 2.28. The minimum absolute atomic E-state index is 0.00461. The first-order valence-corrected chi connectivity index (χ1v) is 6.17. The van der Waals surface area contributed by atoms with Gasteiger partial charge in [0, 0.05) is 18.9 Å². The number of halogens is 3. The van der Waals surface area contributed by atoms with E-state index >= 15 is 0 Å². The molecule has 1 atom stereocenters. The van der Waals surface area contributed by atoms with Gasteiger partial charge >= 0.3 is 6.18 Å². The average Bonchev–Trinajstić information content (AvgIpc) is 2.68. The molecule has 1 N–H and O–H groups in total. The highest BCUT2D eigenvalue weighted by molar-refractivity contribution is 4.93. The van der Waals surface area contributed by atoms with Gasteiger partial charge < -0.3 is 9.84 Å². The van der Waals surface area contributed by atoms with Gasteiger partial charge in [-0.15, -0.1) is 0 Å². The summed E-state index contributed by atoms with van der Waals surface area (Å²) in [6.45, 7) is 6.19. The topological polar surface area (TPSA) is 51.0 Å².